The van der Waals surface area contributed by atoms with Crippen molar-refractivity contribution < 1.29 is 19.8 Å². The summed E-state index contributed by atoms with van der Waals surface area (Å²) >= 11 is -0.400. The fourth-order valence-corrected chi connectivity index (χ4v) is 9.19. The van der Waals surface area contributed by atoms with E-state index in [0.717, 1.165) is 0 Å². The van der Waals surface area contributed by atoms with Crippen molar-refractivity contribution in [3.05, 3.63) is 0 Å². The van der Waals surface area contributed by atoms with E-state index in [-0.39, 0.29) is 0 Å². The predicted molar refractivity (Wildman–Crippen MR) is 130 cm³/mol. The van der Waals surface area contributed by atoms with Gasteiger partial charge in [0.25, 0.3) is 0 Å². The molecule has 0 spiro atoms. The molecular weight excluding hydrogens is 502 g/mol. The molecule has 0 aliphatic heterocycles. The Labute approximate surface area is 211 Å². The molecule has 0 fully saturated rings. The topological polar surface area (TPSA) is 74.6 Å². The molecule has 30 heavy (non-hydrogen) atoms. The zero-order chi connectivity index (χ0) is 22.7. The van der Waals surface area contributed by atoms with Gasteiger partial charge in [0.15, 0.2) is 0 Å². The molecule has 0 aromatic heterocycles. The summed E-state index contributed by atoms with van der Waals surface area (Å²) in [6.45, 7) is 4.61. The van der Waals surface area contributed by atoms with Gasteiger partial charge in [-0.1, -0.05) is 0 Å². The van der Waals surface area contributed by atoms with Crippen molar-refractivity contribution in [2.45, 2.75) is 138 Å². The number of carboxylic acids is 2. The first-order valence-corrected chi connectivity index (χ1v) is 19.3. The molecule has 0 saturated heterocycles. The zero-order valence-electron chi connectivity index (χ0n) is 20.3. The van der Waals surface area contributed by atoms with E-state index in [2.05, 4.69) is 13.8 Å². The Morgan fingerprint density at radius 2 is 0.767 bits per heavy atom. The standard InChI is InChI=1S/2C11H23.C3H4O4.Ba/c2*1-3-5-7-9-11-10-8-6-4-2;4-2(5)1-3(6)7;/h2*1,3-11H2,2H3;1H2,(H,4,5)(H,6,7);. The van der Waals surface area contributed by atoms with Crippen LogP contribution in [-0.2, 0) is 9.59 Å². The number of hydrogen-bond donors (Lipinski definition) is 2. The van der Waals surface area contributed by atoms with Gasteiger partial charge in [-0.05, 0) is 0 Å². The summed E-state index contributed by atoms with van der Waals surface area (Å²) in [5.41, 5.74) is 0. The number of aliphatic carboxylic acids is 2. The van der Waals surface area contributed by atoms with Gasteiger partial charge < -0.3 is 10.2 Å². The Bertz CT molecular complexity index is 329. The minimum Gasteiger partial charge on any atom is -0.481 e. The number of carbonyl (C=O) groups is 2. The van der Waals surface area contributed by atoms with Crippen LogP contribution in [0.25, 0.3) is 0 Å². The van der Waals surface area contributed by atoms with E-state index >= 15 is 0 Å². The molecule has 4 nitrogen and oxygen atoms in total. The van der Waals surface area contributed by atoms with Crippen LogP contribution in [0, 0.1) is 0 Å². The summed E-state index contributed by atoms with van der Waals surface area (Å²) in [4.78, 5) is 18.9. The van der Waals surface area contributed by atoms with E-state index in [1.807, 2.05) is 0 Å². The first kappa shape index (κ1) is 32.7. The number of rotatable bonds is 22. The largest absolute Gasteiger partial charge is 0.481 e. The molecule has 0 radical (unpaired) electrons. The minimum absolute atomic E-state index is 0.400. The normalized spacial score (nSPS) is 10.2. The van der Waals surface area contributed by atoms with Crippen molar-refractivity contribution >= 4 is 56.1 Å². The van der Waals surface area contributed by atoms with Crippen LogP contribution in [0.3, 0.4) is 0 Å². The van der Waals surface area contributed by atoms with Crippen LogP contribution in [0.15, 0.2) is 0 Å². The third-order valence-corrected chi connectivity index (χ3v) is 11.8. The monoisotopic (exact) mass is 552 g/mol. The quantitative estimate of drug-likeness (QED) is 0.0809. The van der Waals surface area contributed by atoms with Crippen LogP contribution in [0.1, 0.15) is 136 Å². The molecule has 0 rings (SSSR count). The molecule has 0 amide bonds. The molecule has 0 bridgehead atoms. The average Bonchev–Trinajstić information content (AvgIpc) is 2.69. The summed E-state index contributed by atoms with van der Waals surface area (Å²) in [6.07, 6.45) is 26.2. The molecule has 0 aliphatic carbocycles. The second kappa shape index (κ2) is 29.5. The number of unbranched alkanes of at least 4 members (excludes halogenated alkanes) is 16. The van der Waals surface area contributed by atoms with Gasteiger partial charge >= 0.3 is 187 Å². The van der Waals surface area contributed by atoms with Gasteiger partial charge in [0.2, 0.25) is 0 Å². The molecule has 0 saturated carbocycles. The van der Waals surface area contributed by atoms with E-state index in [1.54, 1.807) is 27.5 Å². The Hall–Kier alpha value is 0.511. The molecule has 2 N–H and O–H groups in total. The zero-order valence-corrected chi connectivity index (χ0v) is 24.7. The van der Waals surface area contributed by atoms with Crippen molar-refractivity contribution in [2.24, 2.45) is 0 Å². The Kier molecular flexibility index (Phi) is 32.2. The fraction of sp³-hybridized carbons (Fsp3) is 0.920. The molecule has 0 aromatic rings. The molecule has 0 aromatic carbocycles. The summed E-state index contributed by atoms with van der Waals surface area (Å²) < 4.78 is 3.43. The molecule has 5 heteroatoms. The molecule has 176 valence electrons. The molecule has 0 unspecified atom stereocenters. The van der Waals surface area contributed by atoms with Crippen molar-refractivity contribution in [2.75, 3.05) is 0 Å². The Morgan fingerprint density at radius 3 is 1.00 bits per heavy atom. The smallest absolute Gasteiger partial charge is 0.314 e. The molecule has 0 aliphatic rings. The third-order valence-electron chi connectivity index (χ3n) is 5.51. The Balaban J connectivity index is 0. The van der Waals surface area contributed by atoms with Crippen molar-refractivity contribution in [3.8, 4) is 0 Å². The maximum Gasteiger partial charge on any atom is 0.314 e. The summed E-state index contributed by atoms with van der Waals surface area (Å²) in [7, 11) is 0. The van der Waals surface area contributed by atoms with Crippen LogP contribution in [0.2, 0.25) is 1.78 Å². The van der Waals surface area contributed by atoms with Crippen molar-refractivity contribution in [3.63, 3.8) is 0 Å². The van der Waals surface area contributed by atoms with Crippen LogP contribution in [-0.4, -0.2) is 66.3 Å². The van der Waals surface area contributed by atoms with Gasteiger partial charge in [-0.2, -0.15) is 0 Å². The molecule has 0 heterocycles. The van der Waals surface area contributed by atoms with Gasteiger partial charge in [-0.25, -0.2) is 0 Å². The number of carboxylic acid groups (broad SMARTS) is 2. The minimum atomic E-state index is -1.31. The van der Waals surface area contributed by atoms with Crippen molar-refractivity contribution in [1.29, 1.82) is 0 Å². The average molecular weight is 552 g/mol. The van der Waals surface area contributed by atoms with E-state index in [9.17, 15) is 9.59 Å². The third kappa shape index (κ3) is 35.9. The molecular formula is C25H50BaO4. The van der Waals surface area contributed by atoms with Crippen LogP contribution < -0.4 is 0 Å². The Morgan fingerprint density at radius 1 is 0.500 bits per heavy atom. The van der Waals surface area contributed by atoms with Crippen LogP contribution in [0.4, 0.5) is 0 Å². The van der Waals surface area contributed by atoms with E-state index < -0.39 is 62.5 Å². The molecule has 0 atom stereocenters. The first-order valence-electron chi connectivity index (χ1n) is 13.0. The maximum atomic E-state index is 9.43. The van der Waals surface area contributed by atoms with Gasteiger partial charge in [0.05, 0.1) is 0 Å². The summed E-state index contributed by atoms with van der Waals surface area (Å²) in [6, 6.07) is 0. The van der Waals surface area contributed by atoms with Gasteiger partial charge in [-0.3, -0.25) is 9.59 Å². The second-order valence-electron chi connectivity index (χ2n) is 8.68. The summed E-state index contributed by atoms with van der Waals surface area (Å²) in [5, 5.41) is 15.4. The van der Waals surface area contributed by atoms with E-state index in [0.29, 0.717) is 0 Å². The van der Waals surface area contributed by atoms with E-state index in [4.69, 9.17) is 10.2 Å². The fourth-order valence-electron chi connectivity index (χ4n) is 3.63. The van der Waals surface area contributed by atoms with Crippen LogP contribution in [0.5, 0.6) is 0 Å². The first-order chi connectivity index (χ1) is 14.5. The SMILES string of the molecule is CCCCCCCCCC[CH2][Ba][CH2]CCCCCCCCCC.O=C(O)CC(=O)O. The van der Waals surface area contributed by atoms with Gasteiger partial charge in [0, 0.05) is 0 Å². The second-order valence-corrected chi connectivity index (χ2v) is 15.3. The maximum absolute atomic E-state index is 9.43. The van der Waals surface area contributed by atoms with Crippen LogP contribution >= 0.6 is 0 Å². The van der Waals surface area contributed by atoms with Crippen molar-refractivity contribution in [1.82, 2.24) is 0 Å². The predicted octanol–water partition coefficient (Wildman–Crippen LogP) is 8.13. The number of hydrogen-bond acceptors (Lipinski definition) is 2. The van der Waals surface area contributed by atoms with E-state index in [1.165, 1.54) is 89.9 Å². The van der Waals surface area contributed by atoms with Gasteiger partial charge in [-0.15, -0.1) is 0 Å². The summed E-state index contributed by atoms with van der Waals surface area (Å²) in [5.74, 6) is -2.62. The van der Waals surface area contributed by atoms with Gasteiger partial charge in [0.1, 0.15) is 6.42 Å².